The number of carbonyl (C=O) groups excluding carboxylic acids is 2. The largest absolute Gasteiger partial charge is 0.486 e. The van der Waals surface area contributed by atoms with Crippen molar-refractivity contribution >= 4 is 11.7 Å². The number of aryl methyl sites for hydroxylation is 1. The Morgan fingerprint density at radius 1 is 1.03 bits per heavy atom. The van der Waals surface area contributed by atoms with Crippen LogP contribution in [0.1, 0.15) is 81.8 Å². The Morgan fingerprint density at radius 2 is 1.70 bits per heavy atom. The van der Waals surface area contributed by atoms with E-state index in [1.165, 1.54) is 0 Å². The second-order valence-corrected chi connectivity index (χ2v) is 8.75. The Hall–Kier alpha value is -2.56. The molecule has 1 aromatic carbocycles. The molecule has 0 aliphatic rings. The maximum atomic E-state index is 12.2. The summed E-state index contributed by atoms with van der Waals surface area (Å²) in [5.41, 5.74) is 1.32. The van der Waals surface area contributed by atoms with Gasteiger partial charge in [-0.15, -0.1) is 0 Å². The zero-order valence-corrected chi connectivity index (χ0v) is 19.3. The number of amides is 1. The number of benzene rings is 1. The lowest BCUT2D eigenvalue weighted by Gasteiger charge is -2.31. The smallest absolute Gasteiger partial charge is 0.286 e. The number of Topliss-reactive ketones (excluding diaryl/α,β-unsaturated/α-hetero) is 1. The summed E-state index contributed by atoms with van der Waals surface area (Å²) in [5, 5.41) is 2.78. The molecular formula is C25H35NO4. The second kappa shape index (κ2) is 9.50. The third-order valence-corrected chi connectivity index (χ3v) is 5.77. The van der Waals surface area contributed by atoms with Crippen LogP contribution in [0.15, 0.2) is 34.7 Å². The average Bonchev–Trinajstić information content (AvgIpc) is 3.18. The number of ketones is 1. The number of carbonyl (C=O) groups is 2. The predicted molar refractivity (Wildman–Crippen MR) is 119 cm³/mol. The molecule has 1 amide bonds. The molecule has 30 heavy (non-hydrogen) atoms. The number of hydrogen-bond acceptors (Lipinski definition) is 4. The predicted octanol–water partition coefficient (Wildman–Crippen LogP) is 5.44. The first-order valence-corrected chi connectivity index (χ1v) is 10.7. The van der Waals surface area contributed by atoms with Gasteiger partial charge in [-0.25, -0.2) is 0 Å². The molecule has 2 rings (SSSR count). The molecule has 164 valence electrons. The summed E-state index contributed by atoms with van der Waals surface area (Å²) < 4.78 is 11.8. The molecule has 0 fully saturated rings. The van der Waals surface area contributed by atoms with Gasteiger partial charge in [0, 0.05) is 12.0 Å². The van der Waals surface area contributed by atoms with E-state index >= 15 is 0 Å². The van der Waals surface area contributed by atoms with Crippen molar-refractivity contribution in [2.24, 2.45) is 5.41 Å². The van der Waals surface area contributed by atoms with Gasteiger partial charge in [-0.3, -0.25) is 9.59 Å². The molecule has 0 radical (unpaired) electrons. The zero-order chi connectivity index (χ0) is 22.5. The molecule has 0 saturated carbocycles. The van der Waals surface area contributed by atoms with E-state index in [1.807, 2.05) is 52.8 Å². The van der Waals surface area contributed by atoms with Crippen LogP contribution < -0.4 is 10.1 Å². The van der Waals surface area contributed by atoms with Crippen LogP contribution in [0.4, 0.5) is 0 Å². The van der Waals surface area contributed by atoms with Crippen LogP contribution in [0.3, 0.4) is 0 Å². The van der Waals surface area contributed by atoms with Gasteiger partial charge < -0.3 is 14.5 Å². The van der Waals surface area contributed by atoms with Crippen LogP contribution in [0.25, 0.3) is 0 Å². The minimum atomic E-state index is -0.422. The molecule has 2 aromatic rings. The van der Waals surface area contributed by atoms with E-state index in [9.17, 15) is 9.59 Å². The number of rotatable bonds is 9. The minimum Gasteiger partial charge on any atom is -0.486 e. The topological polar surface area (TPSA) is 68.5 Å². The summed E-state index contributed by atoms with van der Waals surface area (Å²) in [6.07, 6.45) is 1.65. The molecular weight excluding hydrogens is 378 g/mol. The van der Waals surface area contributed by atoms with E-state index in [0.29, 0.717) is 18.1 Å². The lowest BCUT2D eigenvalue weighted by Crippen LogP contribution is -2.27. The molecule has 1 heterocycles. The van der Waals surface area contributed by atoms with Gasteiger partial charge in [0.2, 0.25) is 0 Å². The number of ether oxygens (including phenoxy) is 1. The standard InChI is InChI=1S/C25H35NO4/c1-8-25(9-2,22-14-13-20(30-22)23(28)26-10-3)18-11-12-19(17(4)15-18)29-16-21(27)24(5,6)7/h11-15H,8-10,16H2,1-7H3,(H,26,28). The lowest BCUT2D eigenvalue weighted by molar-refractivity contribution is -0.128. The molecule has 0 atom stereocenters. The molecule has 0 aliphatic heterocycles. The van der Waals surface area contributed by atoms with Crippen LogP contribution >= 0.6 is 0 Å². The first-order chi connectivity index (χ1) is 14.1. The van der Waals surface area contributed by atoms with E-state index in [1.54, 1.807) is 6.07 Å². The van der Waals surface area contributed by atoms with Gasteiger partial charge in [0.1, 0.15) is 18.1 Å². The normalized spacial score (nSPS) is 12.0. The summed E-state index contributed by atoms with van der Waals surface area (Å²) in [5.74, 6) is 1.68. The summed E-state index contributed by atoms with van der Waals surface area (Å²) in [7, 11) is 0. The molecule has 1 N–H and O–H groups in total. The highest BCUT2D eigenvalue weighted by Crippen LogP contribution is 2.41. The second-order valence-electron chi connectivity index (χ2n) is 8.75. The highest BCUT2D eigenvalue weighted by Gasteiger charge is 2.35. The van der Waals surface area contributed by atoms with Gasteiger partial charge >= 0.3 is 0 Å². The maximum Gasteiger partial charge on any atom is 0.286 e. The lowest BCUT2D eigenvalue weighted by atomic mass is 9.73. The highest BCUT2D eigenvalue weighted by atomic mass is 16.5. The number of furan rings is 1. The van der Waals surface area contributed by atoms with Gasteiger partial charge in [0.25, 0.3) is 5.91 Å². The minimum absolute atomic E-state index is 0.0600. The maximum absolute atomic E-state index is 12.2. The van der Waals surface area contributed by atoms with Crippen molar-refractivity contribution in [1.29, 1.82) is 0 Å². The molecule has 5 heteroatoms. The fourth-order valence-electron chi connectivity index (χ4n) is 3.58. The quantitative estimate of drug-likeness (QED) is 0.594. The van der Waals surface area contributed by atoms with Gasteiger partial charge in [-0.2, -0.15) is 0 Å². The zero-order valence-electron chi connectivity index (χ0n) is 19.3. The first-order valence-electron chi connectivity index (χ1n) is 10.7. The van der Waals surface area contributed by atoms with E-state index < -0.39 is 5.41 Å². The summed E-state index contributed by atoms with van der Waals surface area (Å²) in [4.78, 5) is 24.3. The molecule has 0 aliphatic carbocycles. The van der Waals surface area contributed by atoms with Crippen LogP contribution in [-0.2, 0) is 10.2 Å². The number of hydrogen-bond donors (Lipinski definition) is 1. The van der Waals surface area contributed by atoms with Crippen molar-refractivity contribution < 1.29 is 18.7 Å². The van der Waals surface area contributed by atoms with Gasteiger partial charge in [-0.1, -0.05) is 46.8 Å². The van der Waals surface area contributed by atoms with Gasteiger partial charge in [-0.05, 0) is 56.0 Å². The van der Waals surface area contributed by atoms with Crippen molar-refractivity contribution in [2.75, 3.05) is 13.2 Å². The third kappa shape index (κ3) is 4.94. The Balaban J connectivity index is 2.33. The highest BCUT2D eigenvalue weighted by molar-refractivity contribution is 5.91. The first kappa shape index (κ1) is 23.7. The van der Waals surface area contributed by atoms with E-state index in [2.05, 4.69) is 25.2 Å². The molecule has 0 bridgehead atoms. The molecule has 0 spiro atoms. The Kier molecular flexibility index (Phi) is 7.51. The number of nitrogens with one attached hydrogen (secondary N) is 1. The molecule has 0 unspecified atom stereocenters. The molecule has 0 saturated heterocycles. The van der Waals surface area contributed by atoms with Crippen LogP contribution in [0.2, 0.25) is 0 Å². The van der Waals surface area contributed by atoms with Gasteiger partial charge in [0.05, 0.1) is 5.41 Å². The monoisotopic (exact) mass is 413 g/mol. The van der Waals surface area contributed by atoms with E-state index in [0.717, 1.165) is 29.7 Å². The third-order valence-electron chi connectivity index (χ3n) is 5.77. The van der Waals surface area contributed by atoms with E-state index in [-0.39, 0.29) is 23.7 Å². The van der Waals surface area contributed by atoms with Crippen LogP contribution in [-0.4, -0.2) is 24.8 Å². The molecule has 5 nitrogen and oxygen atoms in total. The van der Waals surface area contributed by atoms with Crippen molar-refractivity contribution in [2.45, 2.75) is 66.7 Å². The van der Waals surface area contributed by atoms with Crippen molar-refractivity contribution in [3.8, 4) is 5.75 Å². The summed E-state index contributed by atoms with van der Waals surface area (Å²) in [6, 6.07) is 9.69. The van der Waals surface area contributed by atoms with Crippen molar-refractivity contribution in [3.05, 3.63) is 53.0 Å². The fraction of sp³-hybridized carbons (Fsp3) is 0.520. The Morgan fingerprint density at radius 3 is 2.23 bits per heavy atom. The Bertz CT molecular complexity index is 885. The molecule has 1 aromatic heterocycles. The van der Waals surface area contributed by atoms with Crippen LogP contribution in [0, 0.1) is 12.3 Å². The van der Waals surface area contributed by atoms with Crippen LogP contribution in [0.5, 0.6) is 5.75 Å². The average molecular weight is 414 g/mol. The SMILES string of the molecule is CCNC(=O)c1ccc(C(CC)(CC)c2ccc(OCC(=O)C(C)(C)C)c(C)c2)o1. The Labute approximate surface area is 180 Å². The summed E-state index contributed by atoms with van der Waals surface area (Å²) in [6.45, 7) is 14.4. The van der Waals surface area contributed by atoms with Crippen molar-refractivity contribution in [1.82, 2.24) is 5.32 Å². The van der Waals surface area contributed by atoms with E-state index in [4.69, 9.17) is 9.15 Å². The van der Waals surface area contributed by atoms with Gasteiger partial charge in [0.15, 0.2) is 11.5 Å². The fourth-order valence-corrected chi connectivity index (χ4v) is 3.58. The van der Waals surface area contributed by atoms with Crippen molar-refractivity contribution in [3.63, 3.8) is 0 Å². The summed E-state index contributed by atoms with van der Waals surface area (Å²) >= 11 is 0.